The number of thiophene rings is 1. The van der Waals surface area contributed by atoms with Gasteiger partial charge in [-0.15, -0.1) is 35.3 Å². The third-order valence-corrected chi connectivity index (χ3v) is 3.41. The lowest BCUT2D eigenvalue weighted by Crippen LogP contribution is -2.41. The Kier molecular flexibility index (Phi) is 10.3. The average molecular weight is 397 g/mol. The predicted octanol–water partition coefficient (Wildman–Crippen LogP) is 2.48. The Hall–Kier alpha value is -0.340. The molecule has 4 nitrogen and oxygen atoms in total. The van der Waals surface area contributed by atoms with Crippen molar-refractivity contribution in [2.75, 3.05) is 20.3 Å². The summed E-state index contributed by atoms with van der Waals surface area (Å²) in [5, 5.41) is 5.21. The lowest BCUT2D eigenvalue weighted by Gasteiger charge is -2.14. The van der Waals surface area contributed by atoms with Crippen LogP contribution in [0.4, 0.5) is 0 Å². The van der Waals surface area contributed by atoms with E-state index in [0.717, 1.165) is 13.0 Å². The van der Waals surface area contributed by atoms with Crippen molar-refractivity contribution in [3.63, 3.8) is 0 Å². The molecule has 6 heteroatoms. The van der Waals surface area contributed by atoms with Gasteiger partial charge in [-0.3, -0.25) is 4.99 Å². The number of nitrogens with one attached hydrogen (secondary N) is 1. The van der Waals surface area contributed by atoms with Gasteiger partial charge in [-0.05, 0) is 30.7 Å². The van der Waals surface area contributed by atoms with Crippen LogP contribution in [-0.4, -0.2) is 32.3 Å². The van der Waals surface area contributed by atoms with Crippen molar-refractivity contribution in [3.8, 4) is 0 Å². The van der Waals surface area contributed by atoms with E-state index in [1.165, 1.54) is 4.88 Å². The Labute approximate surface area is 136 Å². The minimum atomic E-state index is 0. The second-order valence-corrected chi connectivity index (χ2v) is 5.65. The number of aliphatic imine (C=N–C) groups is 1. The van der Waals surface area contributed by atoms with Gasteiger partial charge in [0.2, 0.25) is 0 Å². The second-order valence-electron chi connectivity index (χ2n) is 4.62. The summed E-state index contributed by atoms with van der Waals surface area (Å²) < 4.78 is 5.03. The molecule has 1 aromatic rings. The smallest absolute Gasteiger partial charge is 0.188 e. The minimum Gasteiger partial charge on any atom is -0.383 e. The molecule has 1 rings (SSSR count). The maximum absolute atomic E-state index is 5.81. The first-order chi connectivity index (χ1) is 8.61. The zero-order valence-electron chi connectivity index (χ0n) is 11.8. The molecule has 0 aliphatic rings. The van der Waals surface area contributed by atoms with Crippen molar-refractivity contribution in [3.05, 3.63) is 22.4 Å². The van der Waals surface area contributed by atoms with Gasteiger partial charge >= 0.3 is 0 Å². The number of guanidine groups is 1. The molecule has 0 aliphatic carbocycles. The molecule has 0 aliphatic heterocycles. The summed E-state index contributed by atoms with van der Waals surface area (Å²) in [7, 11) is 1.68. The summed E-state index contributed by atoms with van der Waals surface area (Å²) in [6.07, 6.45) is 1.06. The maximum Gasteiger partial charge on any atom is 0.188 e. The Balaban J connectivity index is 0.00000324. The molecule has 0 aromatic carbocycles. The minimum absolute atomic E-state index is 0. The van der Waals surface area contributed by atoms with E-state index in [9.17, 15) is 0 Å². The first kappa shape index (κ1) is 18.7. The van der Waals surface area contributed by atoms with Crippen LogP contribution in [0, 0.1) is 5.92 Å². The molecule has 0 bridgehead atoms. The number of nitrogens with zero attached hydrogens (tertiary/aromatic N) is 1. The highest BCUT2D eigenvalue weighted by Gasteiger charge is 2.05. The fraction of sp³-hybridized carbons (Fsp3) is 0.615. The van der Waals surface area contributed by atoms with Crippen molar-refractivity contribution in [2.45, 2.75) is 26.3 Å². The van der Waals surface area contributed by atoms with Crippen LogP contribution in [0.25, 0.3) is 0 Å². The molecule has 0 fully saturated rings. The SMILES string of the molecule is COCC(C)NC(N)=NCC(C)Cc1cccs1.I. The third-order valence-electron chi connectivity index (χ3n) is 2.51. The highest BCUT2D eigenvalue weighted by atomic mass is 127. The van der Waals surface area contributed by atoms with Crippen LogP contribution in [0.15, 0.2) is 22.5 Å². The fourth-order valence-electron chi connectivity index (χ4n) is 1.68. The summed E-state index contributed by atoms with van der Waals surface area (Å²) in [4.78, 5) is 5.76. The number of hydrogen-bond donors (Lipinski definition) is 2. The van der Waals surface area contributed by atoms with Crippen molar-refractivity contribution >= 4 is 41.3 Å². The van der Waals surface area contributed by atoms with Gasteiger partial charge in [0.1, 0.15) is 0 Å². The van der Waals surface area contributed by atoms with Gasteiger partial charge in [0.15, 0.2) is 5.96 Å². The fourth-order valence-corrected chi connectivity index (χ4v) is 2.55. The summed E-state index contributed by atoms with van der Waals surface area (Å²) >= 11 is 1.79. The van der Waals surface area contributed by atoms with Crippen molar-refractivity contribution in [1.82, 2.24) is 5.32 Å². The molecule has 0 radical (unpaired) electrons. The molecule has 0 saturated carbocycles. The quantitative estimate of drug-likeness (QED) is 0.422. The molecule has 0 saturated heterocycles. The van der Waals surface area contributed by atoms with Crippen LogP contribution in [0.2, 0.25) is 0 Å². The zero-order valence-corrected chi connectivity index (χ0v) is 14.9. The van der Waals surface area contributed by atoms with Crippen LogP contribution >= 0.6 is 35.3 Å². The lowest BCUT2D eigenvalue weighted by molar-refractivity contribution is 0.179. The van der Waals surface area contributed by atoms with Crippen LogP contribution in [0.5, 0.6) is 0 Å². The highest BCUT2D eigenvalue weighted by Crippen LogP contribution is 2.14. The van der Waals surface area contributed by atoms with Crippen LogP contribution in [0.1, 0.15) is 18.7 Å². The molecule has 0 spiro atoms. The van der Waals surface area contributed by atoms with E-state index in [1.807, 2.05) is 6.92 Å². The van der Waals surface area contributed by atoms with Crippen LogP contribution in [0.3, 0.4) is 0 Å². The average Bonchev–Trinajstić information content (AvgIpc) is 2.79. The van der Waals surface area contributed by atoms with Gasteiger partial charge in [-0.1, -0.05) is 13.0 Å². The largest absolute Gasteiger partial charge is 0.383 e. The number of methoxy groups -OCH3 is 1. The number of hydrogen-bond acceptors (Lipinski definition) is 3. The molecule has 3 N–H and O–H groups in total. The number of rotatable bonds is 7. The van der Waals surface area contributed by atoms with E-state index >= 15 is 0 Å². The summed E-state index contributed by atoms with van der Waals surface area (Å²) in [5.41, 5.74) is 5.81. The first-order valence-electron chi connectivity index (χ1n) is 6.19. The van der Waals surface area contributed by atoms with Gasteiger partial charge in [-0.25, -0.2) is 0 Å². The Morgan fingerprint density at radius 3 is 2.84 bits per heavy atom. The van der Waals surface area contributed by atoms with E-state index in [1.54, 1.807) is 18.4 Å². The zero-order chi connectivity index (χ0) is 13.4. The molecular weight excluding hydrogens is 373 g/mol. The molecule has 2 atom stereocenters. The van der Waals surface area contributed by atoms with Crippen LogP contribution < -0.4 is 11.1 Å². The number of ether oxygens (including phenoxy) is 1. The third kappa shape index (κ3) is 8.43. The Morgan fingerprint density at radius 1 is 1.53 bits per heavy atom. The molecule has 110 valence electrons. The van der Waals surface area contributed by atoms with Gasteiger partial charge in [-0.2, -0.15) is 0 Å². The molecule has 0 amide bonds. The van der Waals surface area contributed by atoms with Crippen LogP contribution in [-0.2, 0) is 11.2 Å². The van der Waals surface area contributed by atoms with Gasteiger partial charge in [0, 0.05) is 24.6 Å². The van der Waals surface area contributed by atoms with Crippen molar-refractivity contribution in [1.29, 1.82) is 0 Å². The van der Waals surface area contributed by atoms with Gasteiger partial charge in [0.05, 0.1) is 6.61 Å². The topological polar surface area (TPSA) is 59.6 Å². The Bertz CT molecular complexity index is 357. The monoisotopic (exact) mass is 397 g/mol. The molecule has 1 heterocycles. The summed E-state index contributed by atoms with van der Waals surface area (Å²) in [6.45, 7) is 5.58. The first-order valence-corrected chi connectivity index (χ1v) is 7.07. The maximum atomic E-state index is 5.81. The molecule has 1 aromatic heterocycles. The van der Waals surface area contributed by atoms with Crippen molar-refractivity contribution < 1.29 is 4.74 Å². The standard InChI is InChI=1S/C13H23N3OS.HI/c1-10(7-12-5-4-6-18-12)8-15-13(14)16-11(2)9-17-3;/h4-6,10-11H,7-9H2,1-3H3,(H3,14,15,16);1H. The Morgan fingerprint density at radius 2 is 2.26 bits per heavy atom. The van der Waals surface area contributed by atoms with E-state index in [0.29, 0.717) is 18.5 Å². The highest BCUT2D eigenvalue weighted by molar-refractivity contribution is 14.0. The summed E-state index contributed by atoms with van der Waals surface area (Å²) in [6, 6.07) is 4.43. The molecular formula is C13H24IN3OS. The van der Waals surface area contributed by atoms with Gasteiger partial charge < -0.3 is 15.8 Å². The lowest BCUT2D eigenvalue weighted by atomic mass is 10.1. The van der Waals surface area contributed by atoms with Gasteiger partial charge in [0.25, 0.3) is 0 Å². The predicted molar refractivity (Wildman–Crippen MR) is 93.6 cm³/mol. The second kappa shape index (κ2) is 10.4. The van der Waals surface area contributed by atoms with E-state index in [4.69, 9.17) is 10.5 Å². The molecule has 19 heavy (non-hydrogen) atoms. The summed E-state index contributed by atoms with van der Waals surface area (Å²) in [5.74, 6) is 0.999. The van der Waals surface area contributed by atoms with E-state index < -0.39 is 0 Å². The normalized spacial score (nSPS) is 14.6. The van der Waals surface area contributed by atoms with Crippen molar-refractivity contribution in [2.24, 2.45) is 16.6 Å². The van der Waals surface area contributed by atoms with E-state index in [2.05, 4.69) is 34.7 Å². The number of halogens is 1. The molecule has 2 unspecified atom stereocenters. The number of nitrogens with two attached hydrogens (primary N) is 1. The van der Waals surface area contributed by atoms with E-state index in [-0.39, 0.29) is 30.0 Å².